The van der Waals surface area contributed by atoms with Gasteiger partial charge in [0.05, 0.1) is 38.2 Å². The van der Waals surface area contributed by atoms with E-state index < -0.39 is 40.4 Å². The number of nitro groups is 1. The minimum atomic E-state index is -1.67. The van der Waals surface area contributed by atoms with Gasteiger partial charge in [-0.1, -0.05) is 0 Å². The van der Waals surface area contributed by atoms with Gasteiger partial charge in [-0.05, 0) is 26.3 Å². The number of amides is 1. The van der Waals surface area contributed by atoms with E-state index in [1.807, 2.05) is 0 Å². The highest BCUT2D eigenvalue weighted by Gasteiger charge is 2.67. The van der Waals surface area contributed by atoms with Crippen LogP contribution in [0.5, 0.6) is 0 Å². The molecule has 0 aromatic carbocycles. The zero-order valence-electron chi connectivity index (χ0n) is 14.3. The molecule has 0 saturated carbocycles. The number of ether oxygens (including phenoxy) is 2. The van der Waals surface area contributed by atoms with Crippen LogP contribution >= 0.6 is 0 Å². The summed E-state index contributed by atoms with van der Waals surface area (Å²) in [5, 5.41) is 11.3. The second kappa shape index (κ2) is 5.83. The largest absolute Gasteiger partial charge is 0.472 e. The summed E-state index contributed by atoms with van der Waals surface area (Å²) in [7, 11) is 1.18. The lowest BCUT2D eigenvalue weighted by atomic mass is 9.70. The Hall–Kier alpha value is -2.42. The number of nitrogens with zero attached hydrogens (tertiary/aromatic N) is 2. The molecule has 0 bridgehead atoms. The molecule has 1 aromatic heterocycles. The van der Waals surface area contributed by atoms with Crippen molar-refractivity contribution in [2.75, 3.05) is 20.3 Å². The summed E-state index contributed by atoms with van der Waals surface area (Å²) in [6, 6.07) is 1.21. The number of rotatable bonds is 5. The Morgan fingerprint density at radius 1 is 1.56 bits per heavy atom. The zero-order valence-corrected chi connectivity index (χ0v) is 14.3. The van der Waals surface area contributed by atoms with Gasteiger partial charge in [-0.15, -0.1) is 0 Å². The molecule has 0 unspecified atom stereocenters. The molecule has 2 aliphatic rings. The van der Waals surface area contributed by atoms with E-state index in [0.717, 1.165) is 0 Å². The molecule has 2 fully saturated rings. The molecule has 25 heavy (non-hydrogen) atoms. The van der Waals surface area contributed by atoms with Crippen LogP contribution < -0.4 is 0 Å². The van der Waals surface area contributed by atoms with Gasteiger partial charge < -0.3 is 18.8 Å². The third-order valence-corrected chi connectivity index (χ3v) is 5.15. The molecule has 9 heteroatoms. The zero-order chi connectivity index (χ0) is 18.4. The van der Waals surface area contributed by atoms with E-state index >= 15 is 0 Å². The number of hydrogen-bond acceptors (Lipinski definition) is 7. The van der Waals surface area contributed by atoms with Gasteiger partial charge in [-0.25, -0.2) is 0 Å². The maximum Gasteiger partial charge on any atom is 0.322 e. The van der Waals surface area contributed by atoms with Crippen molar-refractivity contribution in [3.05, 3.63) is 34.3 Å². The highest BCUT2D eigenvalue weighted by atomic mass is 16.6. The number of fused-ring (bicyclic) bond motifs is 1. The van der Waals surface area contributed by atoms with Gasteiger partial charge in [0.1, 0.15) is 5.72 Å². The van der Waals surface area contributed by atoms with Crippen LogP contribution in [0.1, 0.15) is 31.7 Å². The van der Waals surface area contributed by atoms with Crippen LogP contribution in [0.15, 0.2) is 23.0 Å². The number of esters is 1. The lowest BCUT2D eigenvalue weighted by Crippen LogP contribution is -2.51. The average Bonchev–Trinajstić information content (AvgIpc) is 3.23. The number of carbonyl (C=O) groups excluding carboxylic acids is 2. The molecule has 9 nitrogen and oxygen atoms in total. The molecule has 2 aliphatic heterocycles. The van der Waals surface area contributed by atoms with Crippen LogP contribution in [0.25, 0.3) is 0 Å². The molecular weight excluding hydrogens is 332 g/mol. The quantitative estimate of drug-likeness (QED) is 0.338. The minimum Gasteiger partial charge on any atom is -0.472 e. The van der Waals surface area contributed by atoms with Crippen molar-refractivity contribution in [2.24, 2.45) is 5.41 Å². The fourth-order valence-electron chi connectivity index (χ4n) is 4.07. The highest BCUT2D eigenvalue weighted by molar-refractivity contribution is 6.06. The molecule has 3 atom stereocenters. The number of carbonyl (C=O) groups is 2. The van der Waals surface area contributed by atoms with Gasteiger partial charge in [-0.3, -0.25) is 19.7 Å². The summed E-state index contributed by atoms with van der Waals surface area (Å²) in [5.41, 5.74) is -2.12. The molecule has 0 radical (unpaired) electrons. The average molecular weight is 352 g/mol. The Morgan fingerprint density at radius 2 is 2.28 bits per heavy atom. The number of methoxy groups -OCH3 is 1. The van der Waals surface area contributed by atoms with Crippen LogP contribution in [0.2, 0.25) is 0 Å². The maximum absolute atomic E-state index is 13.3. The standard InChI is InChI=1S/C16H20N2O7/c1-15(2)18-11(9-25-15)6-16(13(18)19,14(20)23-3)12(7-17(21)22)10-4-5-24-8-10/h4-5,8,11-12H,6-7,9H2,1-3H3/t11-,12+,16+/m1/s1. The van der Waals surface area contributed by atoms with Crippen molar-refractivity contribution >= 4 is 11.9 Å². The number of hydrogen-bond donors (Lipinski definition) is 0. The van der Waals surface area contributed by atoms with E-state index in [2.05, 4.69) is 0 Å². The second-order valence-corrected chi connectivity index (χ2v) is 6.88. The molecule has 3 rings (SSSR count). The Kier molecular flexibility index (Phi) is 4.06. The van der Waals surface area contributed by atoms with Crippen LogP contribution in [0.4, 0.5) is 0 Å². The van der Waals surface area contributed by atoms with Crippen molar-refractivity contribution in [1.82, 2.24) is 4.90 Å². The topological polar surface area (TPSA) is 112 Å². The molecular formula is C16H20N2O7. The van der Waals surface area contributed by atoms with Crippen molar-refractivity contribution in [2.45, 2.75) is 38.0 Å². The molecule has 1 aromatic rings. The van der Waals surface area contributed by atoms with Crippen LogP contribution in [0.3, 0.4) is 0 Å². The van der Waals surface area contributed by atoms with E-state index in [1.54, 1.807) is 13.8 Å². The monoisotopic (exact) mass is 352 g/mol. The van der Waals surface area contributed by atoms with Gasteiger partial charge >= 0.3 is 5.97 Å². The third kappa shape index (κ3) is 2.50. The van der Waals surface area contributed by atoms with Crippen LogP contribution in [0, 0.1) is 15.5 Å². The molecule has 3 heterocycles. The number of furan rings is 1. The van der Waals surface area contributed by atoms with Crippen molar-refractivity contribution in [1.29, 1.82) is 0 Å². The summed E-state index contributed by atoms with van der Waals surface area (Å²) in [4.78, 5) is 38.3. The Morgan fingerprint density at radius 3 is 2.80 bits per heavy atom. The van der Waals surface area contributed by atoms with Crippen LogP contribution in [-0.2, 0) is 19.1 Å². The summed E-state index contributed by atoms with van der Waals surface area (Å²) in [6.45, 7) is 3.16. The highest BCUT2D eigenvalue weighted by Crippen LogP contribution is 2.52. The maximum atomic E-state index is 13.3. The molecule has 0 N–H and O–H groups in total. The van der Waals surface area contributed by atoms with Crippen molar-refractivity contribution in [3.8, 4) is 0 Å². The van der Waals surface area contributed by atoms with Gasteiger partial charge in [-0.2, -0.15) is 0 Å². The molecule has 2 saturated heterocycles. The molecule has 0 spiro atoms. The Labute approximate surface area is 144 Å². The fraction of sp³-hybridized carbons (Fsp3) is 0.625. The van der Waals surface area contributed by atoms with E-state index in [-0.39, 0.29) is 19.1 Å². The minimum absolute atomic E-state index is 0.103. The normalized spacial score (nSPS) is 28.7. The summed E-state index contributed by atoms with van der Waals surface area (Å²) < 4.78 is 15.6. The smallest absolute Gasteiger partial charge is 0.322 e. The summed E-state index contributed by atoms with van der Waals surface area (Å²) >= 11 is 0. The molecule has 1 amide bonds. The van der Waals surface area contributed by atoms with E-state index in [4.69, 9.17) is 13.9 Å². The van der Waals surface area contributed by atoms with E-state index in [0.29, 0.717) is 5.56 Å². The van der Waals surface area contributed by atoms with Crippen molar-refractivity contribution < 1.29 is 28.4 Å². The summed E-state index contributed by atoms with van der Waals surface area (Å²) in [6.07, 6.45) is 2.80. The first-order valence-corrected chi connectivity index (χ1v) is 7.94. The first-order chi connectivity index (χ1) is 11.7. The molecule has 136 valence electrons. The lowest BCUT2D eigenvalue weighted by molar-refractivity contribution is -0.485. The van der Waals surface area contributed by atoms with Gasteiger partial charge in [0.25, 0.3) is 0 Å². The first kappa shape index (κ1) is 17.4. The predicted molar refractivity (Wildman–Crippen MR) is 83.0 cm³/mol. The van der Waals surface area contributed by atoms with E-state index in [1.165, 1.54) is 30.6 Å². The Bertz CT molecular complexity index is 699. The van der Waals surface area contributed by atoms with Gasteiger partial charge in [0.15, 0.2) is 5.41 Å². The second-order valence-electron chi connectivity index (χ2n) is 6.88. The lowest BCUT2D eigenvalue weighted by Gasteiger charge is -2.34. The van der Waals surface area contributed by atoms with Crippen LogP contribution in [-0.4, -0.2) is 53.7 Å². The third-order valence-electron chi connectivity index (χ3n) is 5.15. The molecule has 0 aliphatic carbocycles. The first-order valence-electron chi connectivity index (χ1n) is 7.94. The van der Waals surface area contributed by atoms with Crippen molar-refractivity contribution in [3.63, 3.8) is 0 Å². The Balaban J connectivity index is 2.12. The van der Waals surface area contributed by atoms with Gasteiger partial charge in [0.2, 0.25) is 12.5 Å². The fourth-order valence-corrected chi connectivity index (χ4v) is 4.07. The SMILES string of the molecule is COC(=O)[C@]1([C@@H](C[N+](=O)[O-])c2ccoc2)C[C@@H]2COC(C)(C)N2C1=O. The summed E-state index contributed by atoms with van der Waals surface area (Å²) in [5.74, 6) is -2.25. The van der Waals surface area contributed by atoms with Gasteiger partial charge in [0, 0.05) is 10.5 Å². The van der Waals surface area contributed by atoms with E-state index in [9.17, 15) is 19.7 Å². The predicted octanol–water partition coefficient (Wildman–Crippen LogP) is 1.17.